The summed E-state index contributed by atoms with van der Waals surface area (Å²) in [6.45, 7) is 1.80. The largest absolute Gasteiger partial charge is 0.493 e. The Bertz CT molecular complexity index is 623. The maximum Gasteiger partial charge on any atom is 0.164 e. The minimum absolute atomic E-state index is 0.260. The maximum absolute atomic E-state index is 5.85. The molecule has 0 spiro atoms. The average molecular weight is 303 g/mol. The van der Waals surface area contributed by atoms with Crippen LogP contribution in [-0.4, -0.2) is 26.9 Å². The number of rotatable bonds is 6. The van der Waals surface area contributed by atoms with Gasteiger partial charge in [0.1, 0.15) is 24.7 Å². The van der Waals surface area contributed by atoms with Crippen molar-refractivity contribution in [3.63, 3.8) is 0 Å². The lowest BCUT2D eigenvalue weighted by atomic mass is 10.0. The van der Waals surface area contributed by atoms with E-state index in [1.165, 1.54) is 5.56 Å². The van der Waals surface area contributed by atoms with Crippen molar-refractivity contribution in [1.82, 2.24) is 5.32 Å². The summed E-state index contributed by atoms with van der Waals surface area (Å²) in [5.41, 5.74) is 1.17. The molecule has 1 atom stereocenters. The van der Waals surface area contributed by atoms with E-state index >= 15 is 0 Å². The number of nitrogens with one attached hydrogen (secondary N) is 1. The van der Waals surface area contributed by atoms with Gasteiger partial charge in [0.05, 0.1) is 13.7 Å². The third-order valence-corrected chi connectivity index (χ3v) is 3.74. The standard InChI is InChI=1S/C17H21NO4/c1-19-11-15-7-6-14(22-15)9-18-13-8-12-4-3-5-16(20-2)17(12)21-10-13/h3-7,13,18H,8-11H2,1-2H3/t13-/m0/s1. The fourth-order valence-electron chi connectivity index (χ4n) is 2.67. The number of ether oxygens (including phenoxy) is 3. The van der Waals surface area contributed by atoms with Crippen LogP contribution in [0.15, 0.2) is 34.7 Å². The first kappa shape index (κ1) is 14.9. The van der Waals surface area contributed by atoms with E-state index in [-0.39, 0.29) is 6.04 Å². The number of fused-ring (bicyclic) bond motifs is 1. The first-order chi connectivity index (χ1) is 10.8. The number of methoxy groups -OCH3 is 2. The highest BCUT2D eigenvalue weighted by Crippen LogP contribution is 2.34. The maximum atomic E-state index is 5.85. The second-order valence-corrected chi connectivity index (χ2v) is 5.34. The number of furan rings is 1. The first-order valence-corrected chi connectivity index (χ1v) is 7.38. The van der Waals surface area contributed by atoms with Gasteiger partial charge in [-0.3, -0.25) is 0 Å². The van der Waals surface area contributed by atoms with Gasteiger partial charge in [-0.2, -0.15) is 0 Å². The number of hydrogen-bond acceptors (Lipinski definition) is 5. The molecule has 1 aliphatic rings. The van der Waals surface area contributed by atoms with Crippen LogP contribution >= 0.6 is 0 Å². The van der Waals surface area contributed by atoms with E-state index in [0.29, 0.717) is 19.8 Å². The van der Waals surface area contributed by atoms with Gasteiger partial charge in [-0.05, 0) is 30.2 Å². The third kappa shape index (κ3) is 3.26. The minimum atomic E-state index is 0.260. The van der Waals surface area contributed by atoms with Crippen LogP contribution in [0, 0.1) is 0 Å². The van der Waals surface area contributed by atoms with Crippen LogP contribution in [0.4, 0.5) is 0 Å². The zero-order chi connectivity index (χ0) is 15.4. The molecule has 2 aromatic rings. The smallest absolute Gasteiger partial charge is 0.164 e. The van der Waals surface area contributed by atoms with Crippen LogP contribution in [0.3, 0.4) is 0 Å². The Kier molecular flexibility index (Phi) is 4.65. The monoisotopic (exact) mass is 303 g/mol. The number of hydrogen-bond donors (Lipinski definition) is 1. The lowest BCUT2D eigenvalue weighted by Gasteiger charge is -2.27. The molecule has 0 saturated carbocycles. The van der Waals surface area contributed by atoms with Crippen LogP contribution in [-0.2, 0) is 24.3 Å². The molecule has 5 heteroatoms. The van der Waals surface area contributed by atoms with Gasteiger partial charge < -0.3 is 23.9 Å². The van der Waals surface area contributed by atoms with Crippen LogP contribution in [0.2, 0.25) is 0 Å². The molecular weight excluding hydrogens is 282 g/mol. The quantitative estimate of drug-likeness (QED) is 0.888. The van der Waals surface area contributed by atoms with Crippen molar-refractivity contribution in [3.05, 3.63) is 47.4 Å². The van der Waals surface area contributed by atoms with Crippen LogP contribution in [0.5, 0.6) is 11.5 Å². The van der Waals surface area contributed by atoms with Crippen molar-refractivity contribution in [3.8, 4) is 11.5 Å². The summed E-state index contributed by atoms with van der Waals surface area (Å²) < 4.78 is 21.9. The predicted octanol–water partition coefficient (Wildman–Crippen LogP) is 2.53. The van der Waals surface area contributed by atoms with Crippen LogP contribution in [0.1, 0.15) is 17.1 Å². The summed E-state index contributed by atoms with van der Waals surface area (Å²) in [5.74, 6) is 3.41. The van der Waals surface area contributed by atoms with Crippen molar-refractivity contribution in [1.29, 1.82) is 0 Å². The third-order valence-electron chi connectivity index (χ3n) is 3.74. The van der Waals surface area contributed by atoms with Crippen molar-refractivity contribution in [2.45, 2.75) is 25.6 Å². The highest BCUT2D eigenvalue weighted by Gasteiger charge is 2.22. The number of benzene rings is 1. The first-order valence-electron chi connectivity index (χ1n) is 7.38. The Morgan fingerprint density at radius 2 is 2.05 bits per heavy atom. The highest BCUT2D eigenvalue weighted by atomic mass is 16.5. The predicted molar refractivity (Wildman–Crippen MR) is 82.2 cm³/mol. The van der Waals surface area contributed by atoms with E-state index in [0.717, 1.165) is 29.4 Å². The molecule has 22 heavy (non-hydrogen) atoms. The van der Waals surface area contributed by atoms with Gasteiger partial charge in [0.15, 0.2) is 11.5 Å². The van der Waals surface area contributed by atoms with Gasteiger partial charge in [-0.15, -0.1) is 0 Å². The summed E-state index contributed by atoms with van der Waals surface area (Å²) in [6, 6.07) is 10.2. The molecular formula is C17H21NO4. The molecule has 1 aromatic carbocycles. The second-order valence-electron chi connectivity index (χ2n) is 5.34. The summed E-state index contributed by atoms with van der Waals surface area (Å²) in [6.07, 6.45) is 0.915. The van der Waals surface area contributed by atoms with Gasteiger partial charge in [-0.1, -0.05) is 12.1 Å². The fourth-order valence-corrected chi connectivity index (χ4v) is 2.67. The molecule has 1 N–H and O–H groups in total. The van der Waals surface area contributed by atoms with Crippen molar-refractivity contribution >= 4 is 0 Å². The van der Waals surface area contributed by atoms with E-state index in [1.54, 1.807) is 14.2 Å². The lowest BCUT2D eigenvalue weighted by Crippen LogP contribution is -2.38. The summed E-state index contributed by atoms with van der Waals surface area (Å²) in [4.78, 5) is 0. The van der Waals surface area contributed by atoms with Gasteiger partial charge in [0.25, 0.3) is 0 Å². The van der Waals surface area contributed by atoms with Gasteiger partial charge in [0, 0.05) is 13.2 Å². The van der Waals surface area contributed by atoms with E-state index < -0.39 is 0 Å². The Morgan fingerprint density at radius 1 is 1.18 bits per heavy atom. The summed E-state index contributed by atoms with van der Waals surface area (Å²) >= 11 is 0. The average Bonchev–Trinajstić information content (AvgIpc) is 3.00. The Hall–Kier alpha value is -1.98. The molecule has 0 bridgehead atoms. The molecule has 3 rings (SSSR count). The van der Waals surface area contributed by atoms with Crippen molar-refractivity contribution in [2.24, 2.45) is 0 Å². The fraction of sp³-hybridized carbons (Fsp3) is 0.412. The van der Waals surface area contributed by atoms with Gasteiger partial charge >= 0.3 is 0 Å². The zero-order valence-corrected chi connectivity index (χ0v) is 12.9. The van der Waals surface area contributed by atoms with E-state index in [9.17, 15) is 0 Å². The Balaban J connectivity index is 1.58. The topological polar surface area (TPSA) is 52.9 Å². The normalized spacial score (nSPS) is 16.9. The summed E-state index contributed by atoms with van der Waals surface area (Å²) in [7, 11) is 3.32. The van der Waals surface area contributed by atoms with Gasteiger partial charge in [-0.25, -0.2) is 0 Å². The van der Waals surface area contributed by atoms with Crippen molar-refractivity contribution < 1.29 is 18.6 Å². The van der Waals surface area contributed by atoms with Crippen molar-refractivity contribution in [2.75, 3.05) is 20.8 Å². The highest BCUT2D eigenvalue weighted by molar-refractivity contribution is 5.48. The molecule has 118 valence electrons. The molecule has 1 aromatic heterocycles. The van der Waals surface area contributed by atoms with Crippen LogP contribution in [0.25, 0.3) is 0 Å². The number of para-hydroxylation sites is 1. The molecule has 1 aliphatic heterocycles. The molecule has 0 aliphatic carbocycles. The zero-order valence-electron chi connectivity index (χ0n) is 12.9. The lowest BCUT2D eigenvalue weighted by molar-refractivity contribution is 0.162. The molecule has 0 radical (unpaired) electrons. The van der Waals surface area contributed by atoms with E-state index in [1.807, 2.05) is 24.3 Å². The molecule has 0 unspecified atom stereocenters. The second kappa shape index (κ2) is 6.85. The molecule has 0 saturated heterocycles. The summed E-state index contributed by atoms with van der Waals surface area (Å²) in [5, 5.41) is 3.47. The Labute approximate surface area is 130 Å². The molecule has 0 amide bonds. The van der Waals surface area contributed by atoms with E-state index in [4.69, 9.17) is 18.6 Å². The van der Waals surface area contributed by atoms with E-state index in [2.05, 4.69) is 11.4 Å². The Morgan fingerprint density at radius 3 is 2.86 bits per heavy atom. The minimum Gasteiger partial charge on any atom is -0.493 e. The SMILES string of the molecule is COCc1ccc(CN[C@@H]2COc3c(cccc3OC)C2)o1. The molecule has 0 fully saturated rings. The molecule has 5 nitrogen and oxygen atoms in total. The van der Waals surface area contributed by atoms with Gasteiger partial charge in [0.2, 0.25) is 0 Å². The molecule has 2 heterocycles. The van der Waals surface area contributed by atoms with Crippen LogP contribution < -0.4 is 14.8 Å².